The summed E-state index contributed by atoms with van der Waals surface area (Å²) in [6, 6.07) is 0. The number of carbonyl (C=O) groups is 2. The maximum Gasteiger partial charge on any atom is 0.407 e. The van der Waals surface area contributed by atoms with Crippen LogP contribution in [0, 0.1) is 0 Å². The molecule has 0 spiro atoms. The maximum atomic E-state index is 11.0. The van der Waals surface area contributed by atoms with Crippen LogP contribution in [-0.2, 0) is 9.53 Å². The smallest absolute Gasteiger partial charge is 0.407 e. The third-order valence-corrected chi connectivity index (χ3v) is 2.07. The number of ether oxygens (including phenoxy) is 1. The molecule has 0 aliphatic heterocycles. The first-order valence-electron chi connectivity index (χ1n) is 5.69. The van der Waals surface area contributed by atoms with Crippen LogP contribution in [-0.4, -0.2) is 25.5 Å². The third kappa shape index (κ3) is 10.7. The monoisotopic (exact) mass is 239 g/mol. The third-order valence-electron chi connectivity index (χ3n) is 2.07. The average Bonchev–Trinajstić information content (AvgIpc) is 2.25. The number of nitrogens with one attached hydrogen (secondary N) is 1. The Balaban J connectivity index is 3.72. The zero-order chi connectivity index (χ0) is 13.1. The summed E-state index contributed by atoms with van der Waals surface area (Å²) in [5.74, 6) is 0. The second-order valence-electron chi connectivity index (χ2n) is 4.02. The van der Waals surface area contributed by atoms with Gasteiger partial charge in [-0.25, -0.2) is 4.79 Å². The molecule has 0 bridgehead atoms. The predicted octanol–water partition coefficient (Wildman–Crippen LogP) is 2.60. The SMILES string of the molecule is CC(C)=CCCC(C)=CCOC(=O)NCC=O. The Hall–Kier alpha value is -1.58. The molecule has 96 valence electrons. The van der Waals surface area contributed by atoms with Crippen molar-refractivity contribution in [3.8, 4) is 0 Å². The summed E-state index contributed by atoms with van der Waals surface area (Å²) >= 11 is 0. The number of rotatable bonds is 7. The van der Waals surface area contributed by atoms with Gasteiger partial charge in [-0.15, -0.1) is 0 Å². The van der Waals surface area contributed by atoms with Crippen molar-refractivity contribution in [1.29, 1.82) is 0 Å². The summed E-state index contributed by atoms with van der Waals surface area (Å²) in [4.78, 5) is 20.9. The van der Waals surface area contributed by atoms with Crippen molar-refractivity contribution in [2.24, 2.45) is 0 Å². The van der Waals surface area contributed by atoms with Crippen LogP contribution < -0.4 is 5.32 Å². The number of allylic oxidation sites excluding steroid dienone is 3. The summed E-state index contributed by atoms with van der Waals surface area (Å²) in [5, 5.41) is 2.30. The van der Waals surface area contributed by atoms with Crippen molar-refractivity contribution in [1.82, 2.24) is 5.32 Å². The van der Waals surface area contributed by atoms with E-state index in [1.54, 1.807) is 0 Å². The van der Waals surface area contributed by atoms with Crippen LogP contribution in [0.25, 0.3) is 0 Å². The molecule has 0 aromatic heterocycles. The predicted molar refractivity (Wildman–Crippen MR) is 67.8 cm³/mol. The van der Waals surface area contributed by atoms with Crippen molar-refractivity contribution in [2.45, 2.75) is 33.6 Å². The Morgan fingerprint density at radius 1 is 1.24 bits per heavy atom. The van der Waals surface area contributed by atoms with Gasteiger partial charge in [-0.05, 0) is 39.7 Å². The van der Waals surface area contributed by atoms with Gasteiger partial charge in [0.25, 0.3) is 0 Å². The fraction of sp³-hybridized carbons (Fsp3) is 0.538. The molecule has 0 saturated carbocycles. The first kappa shape index (κ1) is 15.4. The van der Waals surface area contributed by atoms with E-state index in [-0.39, 0.29) is 13.2 Å². The molecule has 0 fully saturated rings. The van der Waals surface area contributed by atoms with Gasteiger partial charge in [0.15, 0.2) is 0 Å². The van der Waals surface area contributed by atoms with Crippen LogP contribution in [0.15, 0.2) is 23.3 Å². The van der Waals surface area contributed by atoms with E-state index in [4.69, 9.17) is 4.74 Å². The molecule has 0 saturated heterocycles. The lowest BCUT2D eigenvalue weighted by atomic mass is 10.1. The fourth-order valence-electron chi connectivity index (χ4n) is 1.13. The molecule has 17 heavy (non-hydrogen) atoms. The summed E-state index contributed by atoms with van der Waals surface area (Å²) in [5.41, 5.74) is 2.49. The highest BCUT2D eigenvalue weighted by atomic mass is 16.5. The van der Waals surface area contributed by atoms with Crippen LogP contribution >= 0.6 is 0 Å². The molecule has 0 radical (unpaired) electrons. The van der Waals surface area contributed by atoms with Crippen LogP contribution in [0.1, 0.15) is 33.6 Å². The Morgan fingerprint density at radius 2 is 1.94 bits per heavy atom. The van der Waals surface area contributed by atoms with Gasteiger partial charge in [0, 0.05) is 0 Å². The topological polar surface area (TPSA) is 55.4 Å². The highest BCUT2D eigenvalue weighted by molar-refractivity contribution is 5.70. The first-order chi connectivity index (χ1) is 8.06. The van der Waals surface area contributed by atoms with E-state index in [1.165, 1.54) is 11.1 Å². The minimum atomic E-state index is -0.564. The highest BCUT2D eigenvalue weighted by Gasteiger charge is 1.98. The molecule has 4 nitrogen and oxygen atoms in total. The minimum absolute atomic E-state index is 0.0118. The van der Waals surface area contributed by atoms with Crippen LogP contribution in [0.5, 0.6) is 0 Å². The quantitative estimate of drug-likeness (QED) is 0.549. The van der Waals surface area contributed by atoms with Gasteiger partial charge in [-0.3, -0.25) is 0 Å². The second kappa shape index (κ2) is 9.63. The summed E-state index contributed by atoms with van der Waals surface area (Å²) in [7, 11) is 0. The molecule has 4 heteroatoms. The van der Waals surface area contributed by atoms with E-state index in [0.717, 1.165) is 12.8 Å². The number of amides is 1. The fourth-order valence-corrected chi connectivity index (χ4v) is 1.13. The van der Waals surface area contributed by atoms with Crippen molar-refractivity contribution in [3.63, 3.8) is 0 Å². The Bertz CT molecular complexity index is 302. The van der Waals surface area contributed by atoms with E-state index < -0.39 is 6.09 Å². The molecule has 0 rings (SSSR count). The van der Waals surface area contributed by atoms with E-state index >= 15 is 0 Å². The van der Waals surface area contributed by atoms with E-state index in [1.807, 2.05) is 13.0 Å². The van der Waals surface area contributed by atoms with E-state index in [2.05, 4.69) is 25.2 Å². The van der Waals surface area contributed by atoms with Gasteiger partial charge in [-0.1, -0.05) is 17.2 Å². The minimum Gasteiger partial charge on any atom is -0.445 e. The van der Waals surface area contributed by atoms with Gasteiger partial charge in [0.05, 0.1) is 6.54 Å². The van der Waals surface area contributed by atoms with Crippen LogP contribution in [0.4, 0.5) is 4.79 Å². The van der Waals surface area contributed by atoms with Crippen molar-refractivity contribution in [2.75, 3.05) is 13.2 Å². The number of carbonyl (C=O) groups excluding carboxylic acids is 2. The number of alkyl carbamates (subject to hydrolysis) is 1. The van der Waals surface area contributed by atoms with E-state index in [9.17, 15) is 9.59 Å². The lowest BCUT2D eigenvalue weighted by Gasteiger charge is -2.03. The standard InChI is InChI=1S/C13H21NO3/c1-11(2)5-4-6-12(3)7-10-17-13(16)14-8-9-15/h5,7,9H,4,6,8,10H2,1-3H3,(H,14,16). The maximum absolute atomic E-state index is 11.0. The Labute approximate surface area is 103 Å². The molecule has 0 atom stereocenters. The van der Waals surface area contributed by atoms with Crippen LogP contribution in [0.3, 0.4) is 0 Å². The van der Waals surface area contributed by atoms with Crippen molar-refractivity contribution < 1.29 is 14.3 Å². The van der Waals surface area contributed by atoms with Gasteiger partial charge in [-0.2, -0.15) is 0 Å². The number of hydrogen-bond donors (Lipinski definition) is 1. The van der Waals surface area contributed by atoms with Crippen LogP contribution in [0.2, 0.25) is 0 Å². The molecule has 0 aliphatic carbocycles. The molecule has 0 aromatic carbocycles. The molecule has 1 amide bonds. The van der Waals surface area contributed by atoms with E-state index in [0.29, 0.717) is 6.29 Å². The molecule has 1 N–H and O–H groups in total. The lowest BCUT2D eigenvalue weighted by Crippen LogP contribution is -2.25. The second-order valence-corrected chi connectivity index (χ2v) is 4.02. The molecule has 0 aliphatic rings. The zero-order valence-electron chi connectivity index (χ0n) is 10.8. The molecular formula is C13H21NO3. The summed E-state index contributed by atoms with van der Waals surface area (Å²) in [6.45, 7) is 6.37. The van der Waals surface area contributed by atoms with Crippen molar-refractivity contribution in [3.05, 3.63) is 23.3 Å². The average molecular weight is 239 g/mol. The normalized spacial score (nSPS) is 10.6. The molecule has 0 unspecified atom stereocenters. The number of aldehydes is 1. The summed E-state index contributed by atoms with van der Waals surface area (Å²) < 4.78 is 4.84. The molecule has 0 heterocycles. The van der Waals surface area contributed by atoms with Gasteiger partial charge >= 0.3 is 6.09 Å². The highest BCUT2D eigenvalue weighted by Crippen LogP contribution is 2.06. The Kier molecular flexibility index (Phi) is 8.74. The van der Waals surface area contributed by atoms with Crippen molar-refractivity contribution >= 4 is 12.4 Å². The van der Waals surface area contributed by atoms with Gasteiger partial charge in [0.2, 0.25) is 0 Å². The summed E-state index contributed by atoms with van der Waals surface area (Å²) in [6.07, 6.45) is 6.06. The molecule has 0 aromatic rings. The Morgan fingerprint density at radius 3 is 2.53 bits per heavy atom. The number of hydrogen-bond acceptors (Lipinski definition) is 3. The largest absolute Gasteiger partial charge is 0.445 e. The molecular weight excluding hydrogens is 218 g/mol. The zero-order valence-corrected chi connectivity index (χ0v) is 10.8. The van der Waals surface area contributed by atoms with Gasteiger partial charge < -0.3 is 14.8 Å². The van der Waals surface area contributed by atoms with Gasteiger partial charge in [0.1, 0.15) is 12.9 Å². The first-order valence-corrected chi connectivity index (χ1v) is 5.69. The lowest BCUT2D eigenvalue weighted by molar-refractivity contribution is -0.107.